The van der Waals surface area contributed by atoms with Crippen LogP contribution in [0.1, 0.15) is 36.5 Å². The van der Waals surface area contributed by atoms with Crippen LogP contribution in [0.4, 0.5) is 11.4 Å². The van der Waals surface area contributed by atoms with E-state index in [2.05, 4.69) is 5.32 Å². The minimum absolute atomic E-state index is 0.00717. The van der Waals surface area contributed by atoms with Gasteiger partial charge in [-0.05, 0) is 37.6 Å². The molecule has 1 fully saturated rings. The quantitative estimate of drug-likeness (QED) is 0.842. The molecule has 154 valence electrons. The summed E-state index contributed by atoms with van der Waals surface area (Å²) in [4.78, 5) is 41.7. The summed E-state index contributed by atoms with van der Waals surface area (Å²) in [5, 5.41) is 2.83. The maximum absolute atomic E-state index is 13.2. The van der Waals surface area contributed by atoms with E-state index in [1.54, 1.807) is 46.2 Å². The molecular weight excluding hydrogens is 386 g/mol. The van der Waals surface area contributed by atoms with Crippen LogP contribution in [0.2, 0.25) is 0 Å². The number of hydrogen-bond donors (Lipinski definition) is 1. The van der Waals surface area contributed by atoms with Gasteiger partial charge in [0, 0.05) is 31.1 Å². The third kappa shape index (κ3) is 2.79. The van der Waals surface area contributed by atoms with Crippen LogP contribution < -0.4 is 19.7 Å². The first-order valence-corrected chi connectivity index (χ1v) is 9.91. The Morgan fingerprint density at radius 1 is 1.13 bits per heavy atom. The fourth-order valence-corrected chi connectivity index (χ4v) is 4.45. The molecule has 2 aromatic rings. The number of carbonyl (C=O) groups excluding carboxylic acids is 3. The van der Waals surface area contributed by atoms with Gasteiger partial charge in [-0.2, -0.15) is 0 Å². The highest BCUT2D eigenvalue weighted by molar-refractivity contribution is 6.10. The fraction of sp³-hybridized carbons (Fsp3) is 0.318. The van der Waals surface area contributed by atoms with Crippen molar-refractivity contribution >= 4 is 29.1 Å². The highest BCUT2D eigenvalue weighted by Gasteiger charge is 2.52. The van der Waals surface area contributed by atoms with Gasteiger partial charge in [0.25, 0.3) is 5.91 Å². The molecule has 0 saturated carbocycles. The van der Waals surface area contributed by atoms with Crippen molar-refractivity contribution in [3.63, 3.8) is 0 Å². The number of ether oxygens (including phenoxy) is 2. The third-order valence-electron chi connectivity index (χ3n) is 5.96. The van der Waals surface area contributed by atoms with Gasteiger partial charge in [0.1, 0.15) is 5.66 Å². The predicted molar refractivity (Wildman–Crippen MR) is 108 cm³/mol. The van der Waals surface area contributed by atoms with Crippen LogP contribution in [0.25, 0.3) is 0 Å². The Balaban J connectivity index is 1.33. The zero-order valence-corrected chi connectivity index (χ0v) is 16.5. The molecule has 3 aliphatic rings. The van der Waals surface area contributed by atoms with Crippen molar-refractivity contribution in [2.24, 2.45) is 0 Å². The Bertz CT molecular complexity index is 1070. The number of nitrogens with zero attached hydrogens (tertiary/aromatic N) is 2. The Kier molecular flexibility index (Phi) is 4.16. The summed E-state index contributed by atoms with van der Waals surface area (Å²) in [6, 6.07) is 12.3. The van der Waals surface area contributed by atoms with Gasteiger partial charge in [-0.25, -0.2) is 0 Å². The molecule has 0 spiro atoms. The van der Waals surface area contributed by atoms with Gasteiger partial charge < -0.3 is 19.7 Å². The number of fused-ring (bicyclic) bond motifs is 4. The molecule has 0 aromatic heterocycles. The summed E-state index contributed by atoms with van der Waals surface area (Å²) in [6.07, 6.45) is 1.02. The van der Waals surface area contributed by atoms with Crippen LogP contribution in [-0.2, 0) is 9.59 Å². The maximum atomic E-state index is 13.2. The molecule has 3 amide bonds. The summed E-state index contributed by atoms with van der Waals surface area (Å²) >= 11 is 0. The van der Waals surface area contributed by atoms with E-state index in [0.717, 1.165) is 0 Å². The summed E-state index contributed by atoms with van der Waals surface area (Å²) in [5.41, 5.74) is 0.972. The van der Waals surface area contributed by atoms with Crippen LogP contribution in [0.15, 0.2) is 42.5 Å². The van der Waals surface area contributed by atoms with Crippen molar-refractivity contribution < 1.29 is 23.9 Å². The molecule has 2 aromatic carbocycles. The average molecular weight is 407 g/mol. The number of carbonyl (C=O) groups is 3. The SMILES string of the molecule is C[C@]12CCC(=O)N1c1ccccc1C(=O)N2CCC(=O)Nc1ccc2c(c1)OCO2. The van der Waals surface area contributed by atoms with Crippen molar-refractivity contribution in [3.8, 4) is 11.5 Å². The van der Waals surface area contributed by atoms with Crippen molar-refractivity contribution in [3.05, 3.63) is 48.0 Å². The van der Waals surface area contributed by atoms with Crippen LogP contribution in [-0.4, -0.2) is 41.6 Å². The van der Waals surface area contributed by atoms with Crippen LogP contribution >= 0.6 is 0 Å². The van der Waals surface area contributed by atoms with E-state index in [1.165, 1.54) is 0 Å². The Morgan fingerprint density at radius 3 is 2.80 bits per heavy atom. The molecule has 5 rings (SSSR count). The second-order valence-electron chi connectivity index (χ2n) is 7.79. The predicted octanol–water partition coefficient (Wildman–Crippen LogP) is 2.74. The monoisotopic (exact) mass is 407 g/mol. The average Bonchev–Trinajstić information content (AvgIpc) is 3.32. The van der Waals surface area contributed by atoms with Gasteiger partial charge >= 0.3 is 0 Å². The van der Waals surface area contributed by atoms with Gasteiger partial charge in [-0.15, -0.1) is 0 Å². The molecule has 3 heterocycles. The summed E-state index contributed by atoms with van der Waals surface area (Å²) in [5.74, 6) is 0.843. The smallest absolute Gasteiger partial charge is 0.257 e. The van der Waals surface area contributed by atoms with E-state index in [0.29, 0.717) is 41.3 Å². The first-order chi connectivity index (χ1) is 14.5. The lowest BCUT2D eigenvalue weighted by atomic mass is 9.98. The number of hydrogen-bond acceptors (Lipinski definition) is 5. The number of benzene rings is 2. The van der Waals surface area contributed by atoms with Gasteiger partial charge in [-0.3, -0.25) is 19.3 Å². The first-order valence-electron chi connectivity index (χ1n) is 9.91. The Labute approximate surface area is 173 Å². The van der Waals surface area contributed by atoms with Crippen molar-refractivity contribution in [2.45, 2.75) is 31.8 Å². The second kappa shape index (κ2) is 6.76. The molecule has 0 aliphatic carbocycles. The zero-order valence-electron chi connectivity index (χ0n) is 16.5. The van der Waals surface area contributed by atoms with Gasteiger partial charge in [0.05, 0.1) is 11.3 Å². The Morgan fingerprint density at radius 2 is 1.93 bits per heavy atom. The molecule has 0 unspecified atom stereocenters. The van der Waals surface area contributed by atoms with Crippen LogP contribution in [0.5, 0.6) is 11.5 Å². The van der Waals surface area contributed by atoms with Gasteiger partial charge in [0.2, 0.25) is 18.6 Å². The lowest BCUT2D eigenvalue weighted by molar-refractivity contribution is -0.117. The van der Waals surface area contributed by atoms with E-state index in [-0.39, 0.29) is 37.5 Å². The minimum Gasteiger partial charge on any atom is -0.454 e. The molecule has 30 heavy (non-hydrogen) atoms. The van der Waals surface area contributed by atoms with E-state index in [4.69, 9.17) is 9.47 Å². The van der Waals surface area contributed by atoms with Crippen molar-refractivity contribution in [2.75, 3.05) is 23.6 Å². The lowest BCUT2D eigenvalue weighted by Gasteiger charge is -2.48. The molecule has 0 radical (unpaired) electrons. The number of nitrogens with one attached hydrogen (secondary N) is 1. The second-order valence-corrected chi connectivity index (χ2v) is 7.79. The normalized spacial score (nSPS) is 21.5. The third-order valence-corrected chi connectivity index (χ3v) is 5.96. The molecule has 8 heteroatoms. The standard InChI is InChI=1S/C22H21N3O5/c1-22-10-8-20(27)25(22)16-5-3-2-4-15(16)21(28)24(22)11-9-19(26)23-14-6-7-17-18(12-14)30-13-29-17/h2-7,12H,8-11,13H2,1H3,(H,23,26)/t22-/m1/s1. The molecule has 0 bridgehead atoms. The van der Waals surface area contributed by atoms with Gasteiger partial charge in [-0.1, -0.05) is 12.1 Å². The number of rotatable bonds is 4. The maximum Gasteiger partial charge on any atom is 0.257 e. The zero-order chi connectivity index (χ0) is 20.9. The molecular formula is C22H21N3O5. The number of para-hydroxylation sites is 1. The van der Waals surface area contributed by atoms with Crippen LogP contribution in [0.3, 0.4) is 0 Å². The topological polar surface area (TPSA) is 88.2 Å². The largest absolute Gasteiger partial charge is 0.454 e. The van der Waals surface area contributed by atoms with E-state index in [9.17, 15) is 14.4 Å². The lowest BCUT2D eigenvalue weighted by Crippen LogP contribution is -2.62. The fourth-order valence-electron chi connectivity index (χ4n) is 4.45. The first kappa shape index (κ1) is 18.5. The number of amides is 3. The van der Waals surface area contributed by atoms with E-state index < -0.39 is 5.66 Å². The molecule has 3 aliphatic heterocycles. The minimum atomic E-state index is -0.762. The Hall–Kier alpha value is -3.55. The molecule has 1 N–H and O–H groups in total. The molecule has 1 saturated heterocycles. The summed E-state index contributed by atoms with van der Waals surface area (Å²) < 4.78 is 10.6. The highest BCUT2D eigenvalue weighted by Crippen LogP contribution is 2.44. The van der Waals surface area contributed by atoms with E-state index in [1.807, 2.05) is 13.0 Å². The molecule has 1 atom stereocenters. The van der Waals surface area contributed by atoms with Gasteiger partial charge in [0.15, 0.2) is 11.5 Å². The summed E-state index contributed by atoms with van der Waals surface area (Å²) in [6.45, 7) is 2.27. The number of anilines is 2. The highest BCUT2D eigenvalue weighted by atomic mass is 16.7. The van der Waals surface area contributed by atoms with Crippen molar-refractivity contribution in [1.82, 2.24) is 4.90 Å². The van der Waals surface area contributed by atoms with Crippen LogP contribution in [0, 0.1) is 0 Å². The van der Waals surface area contributed by atoms with E-state index >= 15 is 0 Å². The summed E-state index contributed by atoms with van der Waals surface area (Å²) in [7, 11) is 0. The van der Waals surface area contributed by atoms with Crippen molar-refractivity contribution in [1.29, 1.82) is 0 Å². The molecule has 8 nitrogen and oxygen atoms in total.